The van der Waals surface area contributed by atoms with Crippen LogP contribution in [0.25, 0.3) is 6.08 Å². The van der Waals surface area contributed by atoms with Gasteiger partial charge in [0.1, 0.15) is 5.75 Å². The van der Waals surface area contributed by atoms with Gasteiger partial charge in [-0.05, 0) is 48.7 Å². The van der Waals surface area contributed by atoms with Gasteiger partial charge >= 0.3 is 0 Å². The van der Waals surface area contributed by atoms with Crippen molar-refractivity contribution in [1.29, 1.82) is 0 Å². The molecule has 2 amide bonds. The number of benzene rings is 1. The van der Waals surface area contributed by atoms with Crippen LogP contribution in [0.1, 0.15) is 18.4 Å². The van der Waals surface area contributed by atoms with Crippen LogP contribution in [0.2, 0.25) is 0 Å². The minimum Gasteiger partial charge on any atom is -0.453 e. The fourth-order valence-corrected chi connectivity index (χ4v) is 3.93. The number of hydrogen-bond acceptors (Lipinski definition) is 6. The van der Waals surface area contributed by atoms with Gasteiger partial charge in [-0.2, -0.15) is 0 Å². The van der Waals surface area contributed by atoms with Crippen LogP contribution in [0.4, 0.5) is 9.52 Å². The summed E-state index contributed by atoms with van der Waals surface area (Å²) in [5.74, 6) is -0.665. The fraction of sp³-hybridized carbons (Fsp3) is 0.217. The van der Waals surface area contributed by atoms with Crippen LogP contribution < -0.4 is 10.1 Å². The predicted octanol–water partition coefficient (Wildman–Crippen LogP) is 4.36. The highest BCUT2D eigenvalue weighted by atomic mass is 32.1. The van der Waals surface area contributed by atoms with E-state index in [1.807, 2.05) is 0 Å². The number of pyridine rings is 1. The van der Waals surface area contributed by atoms with Gasteiger partial charge in [-0.15, -0.1) is 11.3 Å². The Morgan fingerprint density at radius 2 is 2.19 bits per heavy atom. The molecule has 0 bridgehead atoms. The summed E-state index contributed by atoms with van der Waals surface area (Å²) in [6, 6.07) is 7.85. The number of thiazole rings is 1. The third-order valence-electron chi connectivity index (χ3n) is 5.00. The van der Waals surface area contributed by atoms with Gasteiger partial charge in [0.05, 0.1) is 12.1 Å². The molecule has 2 aromatic heterocycles. The minimum atomic E-state index is -0.541. The Bertz CT molecular complexity index is 1110. The van der Waals surface area contributed by atoms with E-state index in [2.05, 4.69) is 15.3 Å². The van der Waals surface area contributed by atoms with Crippen LogP contribution in [0.15, 0.2) is 60.4 Å². The van der Waals surface area contributed by atoms with Crippen LogP contribution in [-0.4, -0.2) is 39.8 Å². The van der Waals surface area contributed by atoms with E-state index in [1.165, 1.54) is 35.7 Å². The summed E-state index contributed by atoms with van der Waals surface area (Å²) >= 11 is 1.35. The number of nitrogens with zero attached hydrogens (tertiary/aromatic N) is 3. The van der Waals surface area contributed by atoms with E-state index in [0.717, 1.165) is 6.42 Å². The van der Waals surface area contributed by atoms with Gasteiger partial charge in [0.25, 0.3) is 0 Å². The molecule has 3 heterocycles. The van der Waals surface area contributed by atoms with Crippen molar-refractivity contribution in [1.82, 2.24) is 14.9 Å². The van der Waals surface area contributed by atoms with Crippen molar-refractivity contribution < 1.29 is 18.7 Å². The Hall–Kier alpha value is -3.59. The van der Waals surface area contributed by atoms with Crippen LogP contribution in [0, 0.1) is 11.7 Å². The van der Waals surface area contributed by atoms with Crippen molar-refractivity contribution in [3.63, 3.8) is 0 Å². The molecular weight excluding hydrogens is 431 g/mol. The Kier molecular flexibility index (Phi) is 6.86. The molecule has 32 heavy (non-hydrogen) atoms. The quantitative estimate of drug-likeness (QED) is 0.562. The average Bonchev–Trinajstić information content (AvgIpc) is 3.33. The van der Waals surface area contributed by atoms with Gasteiger partial charge < -0.3 is 15.0 Å². The number of aromatic nitrogens is 2. The first kappa shape index (κ1) is 21.6. The van der Waals surface area contributed by atoms with Crippen molar-refractivity contribution in [3.05, 3.63) is 71.8 Å². The molecule has 1 N–H and O–H groups in total. The lowest BCUT2D eigenvalue weighted by molar-refractivity contribution is -0.130. The molecule has 0 spiro atoms. The number of hydrogen-bond donors (Lipinski definition) is 1. The van der Waals surface area contributed by atoms with Crippen molar-refractivity contribution >= 4 is 34.4 Å². The number of carbonyl (C=O) groups is 2. The summed E-state index contributed by atoms with van der Waals surface area (Å²) in [6.45, 7) is 0.920. The van der Waals surface area contributed by atoms with Gasteiger partial charge in [-0.25, -0.2) is 9.37 Å². The lowest BCUT2D eigenvalue weighted by atomic mass is 9.97. The molecule has 164 valence electrons. The largest absolute Gasteiger partial charge is 0.453 e. The van der Waals surface area contributed by atoms with E-state index < -0.39 is 5.82 Å². The highest BCUT2D eigenvalue weighted by Crippen LogP contribution is 2.25. The van der Waals surface area contributed by atoms with Gasteiger partial charge in [-0.1, -0.05) is 6.07 Å². The Morgan fingerprint density at radius 1 is 1.28 bits per heavy atom. The summed E-state index contributed by atoms with van der Waals surface area (Å²) < 4.78 is 19.9. The number of carbonyl (C=O) groups excluding carboxylic acids is 2. The maximum absolute atomic E-state index is 14.4. The number of amides is 2. The Balaban J connectivity index is 1.35. The van der Waals surface area contributed by atoms with Crippen LogP contribution in [0.3, 0.4) is 0 Å². The van der Waals surface area contributed by atoms with Gasteiger partial charge in [0.2, 0.25) is 11.8 Å². The van der Waals surface area contributed by atoms with Crippen molar-refractivity contribution in [2.24, 2.45) is 5.92 Å². The number of rotatable bonds is 6. The van der Waals surface area contributed by atoms with E-state index in [9.17, 15) is 14.0 Å². The molecule has 3 aromatic rings. The van der Waals surface area contributed by atoms with Crippen LogP contribution in [-0.2, 0) is 9.59 Å². The number of anilines is 1. The predicted molar refractivity (Wildman–Crippen MR) is 120 cm³/mol. The maximum atomic E-state index is 14.4. The molecule has 1 aromatic carbocycles. The molecule has 4 rings (SSSR count). The maximum Gasteiger partial charge on any atom is 0.246 e. The molecule has 1 atom stereocenters. The molecule has 1 fully saturated rings. The zero-order valence-corrected chi connectivity index (χ0v) is 17.9. The second kappa shape index (κ2) is 10.1. The van der Waals surface area contributed by atoms with Crippen LogP contribution in [0.5, 0.6) is 11.5 Å². The summed E-state index contributed by atoms with van der Waals surface area (Å²) in [5.41, 5.74) is 0.532. The highest BCUT2D eigenvalue weighted by Gasteiger charge is 2.28. The van der Waals surface area contributed by atoms with E-state index in [-0.39, 0.29) is 23.5 Å². The first-order valence-electron chi connectivity index (χ1n) is 10.1. The Morgan fingerprint density at radius 3 is 2.94 bits per heavy atom. The molecule has 7 nitrogen and oxygen atoms in total. The second-order valence-electron chi connectivity index (χ2n) is 7.26. The SMILES string of the molecule is O=C(Nc1nccs1)C1CCCN(C(=O)/C=C/c2ccc(Oc3cccnc3)c(F)c2)C1. The summed E-state index contributed by atoms with van der Waals surface area (Å²) in [5, 5.41) is 5.13. The standard InChI is InChI=1S/C23H21FN4O3S/c24-19-13-16(5-7-20(19)31-18-4-1-9-25-14-18)6-8-21(29)28-11-2-3-17(15-28)22(30)27-23-26-10-12-32-23/h1,4-10,12-14,17H,2-3,11,15H2,(H,26,27,30)/b8-6+. The zero-order chi connectivity index (χ0) is 22.3. The molecular formula is C23H21FN4O3S. The van der Waals surface area contributed by atoms with Crippen molar-refractivity contribution in [2.75, 3.05) is 18.4 Å². The second-order valence-corrected chi connectivity index (χ2v) is 8.16. The van der Waals surface area contributed by atoms with E-state index >= 15 is 0 Å². The third-order valence-corrected chi connectivity index (χ3v) is 5.69. The average molecular weight is 453 g/mol. The highest BCUT2D eigenvalue weighted by molar-refractivity contribution is 7.13. The van der Waals surface area contributed by atoms with Crippen molar-refractivity contribution in [3.8, 4) is 11.5 Å². The van der Waals surface area contributed by atoms with E-state index in [4.69, 9.17) is 4.74 Å². The van der Waals surface area contributed by atoms with Gasteiger partial charge in [0, 0.05) is 36.9 Å². The van der Waals surface area contributed by atoms with E-state index in [0.29, 0.717) is 36.0 Å². The molecule has 1 unspecified atom stereocenters. The summed E-state index contributed by atoms with van der Waals surface area (Å²) in [7, 11) is 0. The lowest BCUT2D eigenvalue weighted by Crippen LogP contribution is -2.43. The topological polar surface area (TPSA) is 84.4 Å². The number of piperidine rings is 1. The molecule has 0 saturated carbocycles. The van der Waals surface area contributed by atoms with Gasteiger partial charge in [-0.3, -0.25) is 14.6 Å². The monoisotopic (exact) mass is 452 g/mol. The number of halogens is 1. The minimum absolute atomic E-state index is 0.0755. The lowest BCUT2D eigenvalue weighted by Gasteiger charge is -2.31. The Labute approximate surface area is 188 Å². The van der Waals surface area contributed by atoms with Crippen LogP contribution >= 0.6 is 11.3 Å². The van der Waals surface area contributed by atoms with E-state index in [1.54, 1.807) is 46.9 Å². The normalized spacial score (nSPS) is 16.2. The molecule has 1 saturated heterocycles. The molecule has 0 aliphatic carbocycles. The summed E-state index contributed by atoms with van der Waals surface area (Å²) in [6.07, 6.45) is 9.14. The fourth-order valence-electron chi connectivity index (χ4n) is 3.39. The molecule has 1 aliphatic heterocycles. The summed E-state index contributed by atoms with van der Waals surface area (Å²) in [4.78, 5) is 34.7. The zero-order valence-electron chi connectivity index (χ0n) is 17.1. The third kappa shape index (κ3) is 5.55. The first-order chi connectivity index (χ1) is 15.6. The first-order valence-corrected chi connectivity index (χ1v) is 11.0. The molecule has 0 radical (unpaired) electrons. The smallest absolute Gasteiger partial charge is 0.246 e. The molecule has 9 heteroatoms. The number of likely N-dealkylation sites (tertiary alicyclic amines) is 1. The molecule has 1 aliphatic rings. The van der Waals surface area contributed by atoms with Gasteiger partial charge in [0.15, 0.2) is 16.7 Å². The number of nitrogens with one attached hydrogen (secondary N) is 1. The number of ether oxygens (including phenoxy) is 1. The van der Waals surface area contributed by atoms with Crippen molar-refractivity contribution in [2.45, 2.75) is 12.8 Å².